The van der Waals surface area contributed by atoms with Crippen molar-refractivity contribution in [2.24, 2.45) is 0 Å². The first kappa shape index (κ1) is 9.40. The van der Waals surface area contributed by atoms with Gasteiger partial charge in [0.05, 0.1) is 0 Å². The summed E-state index contributed by atoms with van der Waals surface area (Å²) in [6.45, 7) is 1.94. The molecule has 0 aromatic carbocycles. The average Bonchev–Trinajstić information content (AvgIpc) is 2.23. The minimum atomic E-state index is -0.293. The Labute approximate surface area is 82.9 Å². The number of pyridine rings is 1. The topological polar surface area (TPSA) is 28.2 Å². The highest BCUT2D eigenvalue weighted by Gasteiger charge is 2.11. The summed E-state index contributed by atoms with van der Waals surface area (Å²) in [4.78, 5) is 3.94. The van der Waals surface area contributed by atoms with Crippen molar-refractivity contribution in [3.63, 3.8) is 0 Å². The maximum absolute atomic E-state index is 13.2. The van der Waals surface area contributed by atoms with Crippen LogP contribution in [-0.4, -0.2) is 23.1 Å². The van der Waals surface area contributed by atoms with Gasteiger partial charge in [-0.05, 0) is 25.0 Å². The molecule has 2 heterocycles. The van der Waals surface area contributed by atoms with Crippen LogP contribution in [0.25, 0.3) is 0 Å². The fraction of sp³-hybridized carbons (Fsp3) is 0.500. The molecule has 3 nitrogen and oxygen atoms in total. The molecule has 1 aliphatic rings. The van der Waals surface area contributed by atoms with Gasteiger partial charge in [-0.3, -0.25) is 0 Å². The van der Waals surface area contributed by atoms with Gasteiger partial charge >= 0.3 is 0 Å². The van der Waals surface area contributed by atoms with E-state index in [2.05, 4.69) is 10.4 Å². The number of nitrogens with zero attached hydrogens (tertiary/aromatic N) is 2. The van der Waals surface area contributed by atoms with Crippen LogP contribution in [0.3, 0.4) is 0 Å². The van der Waals surface area contributed by atoms with Gasteiger partial charge in [0, 0.05) is 19.3 Å². The summed E-state index contributed by atoms with van der Waals surface area (Å²) in [6.07, 6.45) is 5.20. The van der Waals surface area contributed by atoms with Gasteiger partial charge in [-0.2, -0.15) is 0 Å². The molecule has 0 unspecified atom stereocenters. The lowest BCUT2D eigenvalue weighted by atomic mass is 10.2. The lowest BCUT2D eigenvalue weighted by Crippen LogP contribution is -2.35. The van der Waals surface area contributed by atoms with E-state index in [0.717, 1.165) is 13.1 Å². The summed E-state index contributed by atoms with van der Waals surface area (Å²) in [7, 11) is 0. The molecule has 0 radical (unpaired) electrons. The second-order valence-corrected chi connectivity index (χ2v) is 3.49. The molecule has 4 heteroatoms. The lowest BCUT2D eigenvalue weighted by Gasteiger charge is -2.27. The van der Waals surface area contributed by atoms with Crippen molar-refractivity contribution in [1.82, 2.24) is 9.99 Å². The highest BCUT2D eigenvalue weighted by atomic mass is 19.1. The third-order valence-corrected chi connectivity index (χ3v) is 2.38. The van der Waals surface area contributed by atoms with Gasteiger partial charge in [-0.1, -0.05) is 6.42 Å². The molecule has 0 spiro atoms. The van der Waals surface area contributed by atoms with Crippen molar-refractivity contribution in [2.75, 3.05) is 18.5 Å². The van der Waals surface area contributed by atoms with E-state index < -0.39 is 0 Å². The molecule has 14 heavy (non-hydrogen) atoms. The predicted molar refractivity (Wildman–Crippen MR) is 53.2 cm³/mol. The van der Waals surface area contributed by atoms with Gasteiger partial charge in [0.1, 0.15) is 0 Å². The molecule has 1 fully saturated rings. The van der Waals surface area contributed by atoms with Crippen LogP contribution >= 0.6 is 0 Å². The maximum atomic E-state index is 13.2. The summed E-state index contributed by atoms with van der Waals surface area (Å²) < 4.78 is 13.2. The van der Waals surface area contributed by atoms with Crippen molar-refractivity contribution < 1.29 is 4.39 Å². The summed E-state index contributed by atoms with van der Waals surface area (Å²) in [6, 6.07) is 3.01. The summed E-state index contributed by atoms with van der Waals surface area (Å²) in [5.74, 6) is 0.0347. The molecule has 76 valence electrons. The van der Waals surface area contributed by atoms with E-state index in [1.165, 1.54) is 25.3 Å². The second kappa shape index (κ2) is 4.37. The molecule has 1 saturated heterocycles. The van der Waals surface area contributed by atoms with Gasteiger partial charge in [0.15, 0.2) is 11.6 Å². The Bertz CT molecular complexity index is 297. The lowest BCUT2D eigenvalue weighted by molar-refractivity contribution is 0.270. The third kappa shape index (κ3) is 2.20. The van der Waals surface area contributed by atoms with Crippen LogP contribution in [-0.2, 0) is 0 Å². The zero-order valence-electron chi connectivity index (χ0n) is 8.04. The number of hydrogen-bond donors (Lipinski definition) is 1. The molecular formula is C10H14FN3. The molecule has 1 N–H and O–H groups in total. The van der Waals surface area contributed by atoms with Gasteiger partial charge in [0.2, 0.25) is 0 Å². The second-order valence-electron chi connectivity index (χ2n) is 3.49. The Hall–Kier alpha value is -1.16. The molecule has 0 saturated carbocycles. The van der Waals surface area contributed by atoms with E-state index in [1.807, 2.05) is 5.01 Å². The highest BCUT2D eigenvalue weighted by molar-refractivity contribution is 5.34. The van der Waals surface area contributed by atoms with Crippen LogP contribution in [0.15, 0.2) is 18.3 Å². The van der Waals surface area contributed by atoms with Crippen LogP contribution in [0.2, 0.25) is 0 Å². The molecule has 0 aliphatic carbocycles. The van der Waals surface area contributed by atoms with E-state index in [1.54, 1.807) is 12.3 Å². The summed E-state index contributed by atoms with van der Waals surface area (Å²) in [5, 5.41) is 2.02. The van der Waals surface area contributed by atoms with Crippen molar-refractivity contribution in [1.29, 1.82) is 0 Å². The Morgan fingerprint density at radius 1 is 1.29 bits per heavy atom. The first-order valence-electron chi connectivity index (χ1n) is 4.98. The van der Waals surface area contributed by atoms with Crippen molar-refractivity contribution in [3.05, 3.63) is 24.1 Å². The molecular weight excluding hydrogens is 181 g/mol. The average molecular weight is 195 g/mol. The molecule has 2 rings (SSSR count). The number of anilines is 1. The van der Waals surface area contributed by atoms with E-state index >= 15 is 0 Å². The number of rotatable bonds is 2. The van der Waals surface area contributed by atoms with E-state index in [-0.39, 0.29) is 5.82 Å². The predicted octanol–water partition coefficient (Wildman–Crippen LogP) is 2.03. The molecule has 0 bridgehead atoms. The van der Waals surface area contributed by atoms with Crippen LogP contribution in [0.4, 0.5) is 10.2 Å². The monoisotopic (exact) mass is 195 g/mol. The standard InChI is InChI=1S/C10H14FN3/c11-9-5-4-6-12-10(9)13-14-7-2-1-3-8-14/h4-6H,1-3,7-8H2,(H,12,13). The summed E-state index contributed by atoms with van der Waals surface area (Å²) >= 11 is 0. The van der Waals surface area contributed by atoms with Gasteiger partial charge < -0.3 is 5.43 Å². The Morgan fingerprint density at radius 2 is 2.07 bits per heavy atom. The minimum Gasteiger partial charge on any atom is -0.301 e. The quantitative estimate of drug-likeness (QED) is 0.782. The Kier molecular flexibility index (Phi) is 2.93. The van der Waals surface area contributed by atoms with Crippen molar-refractivity contribution >= 4 is 5.82 Å². The normalized spacial score (nSPS) is 18.1. The molecule has 0 amide bonds. The number of halogens is 1. The number of aromatic nitrogens is 1. The van der Waals surface area contributed by atoms with Gasteiger partial charge in [-0.15, -0.1) is 0 Å². The fourth-order valence-corrected chi connectivity index (χ4v) is 1.62. The number of hydrogen-bond acceptors (Lipinski definition) is 3. The van der Waals surface area contributed by atoms with Crippen molar-refractivity contribution in [2.45, 2.75) is 19.3 Å². The molecule has 0 atom stereocenters. The van der Waals surface area contributed by atoms with Crippen molar-refractivity contribution in [3.8, 4) is 0 Å². The molecule has 1 aromatic heterocycles. The van der Waals surface area contributed by atoms with Gasteiger partial charge in [-0.25, -0.2) is 14.4 Å². The number of hydrazine groups is 1. The minimum absolute atomic E-state index is 0.293. The zero-order chi connectivity index (χ0) is 9.80. The van der Waals surface area contributed by atoms with Crippen LogP contribution < -0.4 is 5.43 Å². The highest BCUT2D eigenvalue weighted by Crippen LogP contribution is 2.13. The maximum Gasteiger partial charge on any atom is 0.176 e. The summed E-state index contributed by atoms with van der Waals surface area (Å²) in [5.41, 5.74) is 3.00. The number of nitrogens with one attached hydrogen (secondary N) is 1. The first-order chi connectivity index (χ1) is 6.86. The Balaban J connectivity index is 1.99. The van der Waals surface area contributed by atoms with Crippen LogP contribution in [0.1, 0.15) is 19.3 Å². The van der Waals surface area contributed by atoms with E-state index in [9.17, 15) is 4.39 Å². The van der Waals surface area contributed by atoms with E-state index in [0.29, 0.717) is 5.82 Å². The Morgan fingerprint density at radius 3 is 2.79 bits per heavy atom. The molecule has 1 aromatic rings. The van der Waals surface area contributed by atoms with Gasteiger partial charge in [0.25, 0.3) is 0 Å². The zero-order valence-corrected chi connectivity index (χ0v) is 8.04. The number of piperidine rings is 1. The molecule has 1 aliphatic heterocycles. The fourth-order valence-electron chi connectivity index (χ4n) is 1.62. The van der Waals surface area contributed by atoms with E-state index in [4.69, 9.17) is 0 Å². The SMILES string of the molecule is Fc1cccnc1NN1CCCCC1. The van der Waals surface area contributed by atoms with Crippen LogP contribution in [0.5, 0.6) is 0 Å². The third-order valence-electron chi connectivity index (χ3n) is 2.38. The first-order valence-corrected chi connectivity index (χ1v) is 4.98. The van der Waals surface area contributed by atoms with Crippen LogP contribution in [0, 0.1) is 5.82 Å². The largest absolute Gasteiger partial charge is 0.301 e. The smallest absolute Gasteiger partial charge is 0.176 e.